The number of rotatable bonds is 12. The Hall–Kier alpha value is -4.82. The average molecular weight is 704 g/mol. The van der Waals surface area contributed by atoms with Crippen molar-refractivity contribution in [1.29, 1.82) is 0 Å². The lowest BCUT2D eigenvalue weighted by Gasteiger charge is -2.49. The van der Waals surface area contributed by atoms with E-state index in [1.165, 1.54) is 40.6 Å². The number of nitrogens with one attached hydrogen (secondary N) is 1. The molecule has 1 aromatic heterocycles. The van der Waals surface area contributed by atoms with Gasteiger partial charge in [0.2, 0.25) is 6.61 Å². The zero-order valence-electron chi connectivity index (χ0n) is 27.5. The Morgan fingerprint density at radius 1 is 1.04 bits per heavy atom. The third-order valence-electron chi connectivity index (χ3n) is 7.15. The maximum absolute atomic E-state index is 14.0. The van der Waals surface area contributed by atoms with E-state index in [-0.39, 0.29) is 22.9 Å². The molecule has 0 radical (unpaired) electrons. The van der Waals surface area contributed by atoms with Crippen molar-refractivity contribution in [2.24, 2.45) is 5.16 Å². The fourth-order valence-electron chi connectivity index (χ4n) is 5.13. The van der Waals surface area contributed by atoms with Crippen LogP contribution in [0.1, 0.15) is 50.6 Å². The summed E-state index contributed by atoms with van der Waals surface area (Å²) in [6.07, 6.45) is -0.708. The van der Waals surface area contributed by atoms with Crippen molar-refractivity contribution in [1.82, 2.24) is 15.2 Å². The van der Waals surface area contributed by atoms with Crippen molar-refractivity contribution in [2.45, 2.75) is 50.8 Å². The summed E-state index contributed by atoms with van der Waals surface area (Å²) in [5, 5.41) is 6.01. The maximum Gasteiger partial charge on any atom is 0.356 e. The Morgan fingerprint density at radius 3 is 2.29 bits per heavy atom. The van der Waals surface area contributed by atoms with Crippen molar-refractivity contribution in [3.05, 3.63) is 106 Å². The summed E-state index contributed by atoms with van der Waals surface area (Å²) in [4.78, 5) is 65.0. The summed E-state index contributed by atoms with van der Waals surface area (Å²) in [6, 6.07) is 22.4. The number of nitrogen functional groups attached to an aromatic ring is 1. The molecule has 1 unspecified atom stereocenters. The number of esters is 2. The number of hydrogen-bond acceptors (Lipinski definition) is 12. The number of nitrogens with two attached hydrogens (primary N) is 1. The number of oxime groups is 1. The molecule has 3 N–H and O–H groups in total. The number of carbonyl (C=O) groups excluding carboxylic acids is 4. The molecule has 2 aromatic carbocycles. The van der Waals surface area contributed by atoms with Crippen LogP contribution in [0.2, 0.25) is 0 Å². The average Bonchev–Trinajstić information content (AvgIpc) is 3.07. The summed E-state index contributed by atoms with van der Waals surface area (Å²) >= 11 is 2.89. The van der Waals surface area contributed by atoms with Gasteiger partial charge in [0.25, 0.3) is 11.8 Å². The molecule has 2 aliphatic rings. The highest BCUT2D eigenvalue weighted by Gasteiger charge is 2.55. The minimum absolute atomic E-state index is 0.0697. The standard InChI is InChI=1S/C35H37N5O7S2/c1-5-48-24-20-49-33-28(38-31(42)27(23-17-12-18-25(36)37-23)39-45-19-26(41)47-35(2,3)4)32(43)40(33)29(24)34(44)46-30(21-13-8-6-9-14-21)22-15-10-7-11-16-22/h6-18,28,30,33H,5,19-20H2,1-4H3,(H2,36,37)(H,38,42)/b39-27+/t28?,33-/m1/s1. The molecule has 49 heavy (non-hydrogen) atoms. The number of β-lactam (4-membered cyclic amide) rings is 1. The van der Waals surface area contributed by atoms with Crippen LogP contribution < -0.4 is 11.1 Å². The summed E-state index contributed by atoms with van der Waals surface area (Å²) in [5.41, 5.74) is 6.61. The largest absolute Gasteiger partial charge is 0.457 e. The van der Waals surface area contributed by atoms with Gasteiger partial charge < -0.3 is 25.4 Å². The second-order valence-electron chi connectivity index (χ2n) is 11.9. The van der Waals surface area contributed by atoms with E-state index >= 15 is 0 Å². The van der Waals surface area contributed by atoms with Crippen LogP contribution in [0.5, 0.6) is 0 Å². The lowest BCUT2D eigenvalue weighted by atomic mass is 10.0. The number of fused-ring (bicyclic) bond motifs is 1. The first-order chi connectivity index (χ1) is 23.5. The van der Waals surface area contributed by atoms with Crippen molar-refractivity contribution in [3.8, 4) is 0 Å². The van der Waals surface area contributed by atoms with E-state index in [9.17, 15) is 19.2 Å². The fraction of sp³-hybridized carbons (Fsp3) is 0.314. The molecule has 14 heteroatoms. The fourth-order valence-corrected chi connectivity index (χ4v) is 7.53. The van der Waals surface area contributed by atoms with E-state index in [4.69, 9.17) is 20.0 Å². The van der Waals surface area contributed by atoms with Crippen molar-refractivity contribution >= 4 is 58.8 Å². The molecule has 3 aromatic rings. The first-order valence-electron chi connectivity index (χ1n) is 15.5. The third kappa shape index (κ3) is 8.62. The highest BCUT2D eigenvalue weighted by molar-refractivity contribution is 8.06. The van der Waals surface area contributed by atoms with Gasteiger partial charge >= 0.3 is 11.9 Å². The highest BCUT2D eigenvalue weighted by atomic mass is 32.2. The number of ether oxygens (including phenoxy) is 2. The quantitative estimate of drug-likeness (QED) is 0.119. The van der Waals surface area contributed by atoms with Crippen LogP contribution in [0.4, 0.5) is 5.82 Å². The highest BCUT2D eigenvalue weighted by Crippen LogP contribution is 2.44. The third-order valence-corrected chi connectivity index (χ3v) is 9.59. The normalized spacial score (nSPS) is 17.6. The van der Waals surface area contributed by atoms with E-state index in [1.807, 2.05) is 67.6 Å². The molecule has 5 rings (SSSR count). The molecule has 256 valence electrons. The predicted molar refractivity (Wildman–Crippen MR) is 188 cm³/mol. The molecular formula is C35H37N5O7S2. The van der Waals surface area contributed by atoms with Gasteiger partial charge in [-0.3, -0.25) is 14.5 Å². The van der Waals surface area contributed by atoms with Gasteiger partial charge in [0, 0.05) is 10.7 Å². The van der Waals surface area contributed by atoms with Gasteiger partial charge in [-0.1, -0.05) is 78.8 Å². The van der Waals surface area contributed by atoms with Gasteiger partial charge in [-0.2, -0.15) is 0 Å². The van der Waals surface area contributed by atoms with Gasteiger partial charge in [-0.15, -0.1) is 23.5 Å². The van der Waals surface area contributed by atoms with E-state index < -0.39 is 53.5 Å². The minimum atomic E-state index is -0.996. The lowest BCUT2D eigenvalue weighted by Crippen LogP contribution is -2.71. The molecule has 3 heterocycles. The summed E-state index contributed by atoms with van der Waals surface area (Å²) in [7, 11) is 0. The topological polar surface area (TPSA) is 163 Å². The number of hydrogen-bond donors (Lipinski definition) is 2. The first-order valence-corrected chi connectivity index (χ1v) is 17.6. The first kappa shape index (κ1) is 35.5. The zero-order chi connectivity index (χ0) is 35.1. The molecule has 2 aliphatic heterocycles. The Labute approximate surface area is 292 Å². The monoisotopic (exact) mass is 703 g/mol. The zero-order valence-corrected chi connectivity index (χ0v) is 29.1. The van der Waals surface area contributed by atoms with Crippen molar-refractivity contribution in [3.63, 3.8) is 0 Å². The minimum Gasteiger partial charge on any atom is -0.457 e. The molecule has 0 bridgehead atoms. The second-order valence-corrected chi connectivity index (χ2v) is 14.4. The van der Waals surface area contributed by atoms with Crippen LogP contribution >= 0.6 is 23.5 Å². The number of aromatic nitrogens is 1. The van der Waals surface area contributed by atoms with Gasteiger partial charge in [0.05, 0.1) is 0 Å². The van der Waals surface area contributed by atoms with Crippen LogP contribution in [-0.4, -0.2) is 74.5 Å². The number of carbonyl (C=O) groups is 4. The van der Waals surface area contributed by atoms with Crippen LogP contribution in [0.3, 0.4) is 0 Å². The molecule has 1 saturated heterocycles. The van der Waals surface area contributed by atoms with Crippen LogP contribution in [0, 0.1) is 0 Å². The molecule has 0 aliphatic carbocycles. The predicted octanol–water partition coefficient (Wildman–Crippen LogP) is 4.42. The molecule has 0 saturated carbocycles. The summed E-state index contributed by atoms with van der Waals surface area (Å²) < 4.78 is 11.4. The lowest BCUT2D eigenvalue weighted by molar-refractivity contribution is -0.160. The Bertz CT molecular complexity index is 1720. The van der Waals surface area contributed by atoms with Crippen molar-refractivity contribution < 1.29 is 33.5 Å². The van der Waals surface area contributed by atoms with E-state index in [0.29, 0.717) is 16.4 Å². The number of amides is 2. The molecule has 12 nitrogen and oxygen atoms in total. The molecule has 0 spiro atoms. The van der Waals surface area contributed by atoms with Gasteiger partial charge in [0.1, 0.15) is 34.2 Å². The molecular weight excluding hydrogens is 667 g/mol. The van der Waals surface area contributed by atoms with E-state index in [0.717, 1.165) is 11.1 Å². The Morgan fingerprint density at radius 2 is 1.69 bits per heavy atom. The second kappa shape index (κ2) is 15.6. The van der Waals surface area contributed by atoms with Crippen LogP contribution in [0.15, 0.2) is 94.6 Å². The molecule has 2 amide bonds. The maximum atomic E-state index is 14.0. The Balaban J connectivity index is 1.36. The number of thioether (sulfide) groups is 2. The summed E-state index contributed by atoms with van der Waals surface area (Å²) in [6.45, 7) is 6.53. The Kier molecular flexibility index (Phi) is 11.3. The number of benzene rings is 2. The van der Waals surface area contributed by atoms with E-state index in [2.05, 4.69) is 15.5 Å². The summed E-state index contributed by atoms with van der Waals surface area (Å²) in [5.74, 6) is -1.36. The number of anilines is 1. The van der Waals surface area contributed by atoms with Gasteiger partial charge in [-0.25, -0.2) is 14.6 Å². The molecule has 1 fully saturated rings. The van der Waals surface area contributed by atoms with Crippen LogP contribution in [-0.2, 0) is 33.5 Å². The van der Waals surface area contributed by atoms with Crippen LogP contribution in [0.25, 0.3) is 0 Å². The SMILES string of the molecule is CCSC1=C(C(=O)OC(c2ccccc2)c2ccccc2)N2C(=O)C(NC(=O)/C(=N/OCC(=O)OC(C)(C)C)c3cccc(N)n3)[C@H]2SC1. The van der Waals surface area contributed by atoms with E-state index in [1.54, 1.807) is 26.8 Å². The smallest absolute Gasteiger partial charge is 0.356 e. The van der Waals surface area contributed by atoms with Gasteiger partial charge in [-0.05, 0) is 49.8 Å². The van der Waals surface area contributed by atoms with Gasteiger partial charge in [0.15, 0.2) is 11.8 Å². The number of pyridine rings is 1. The number of nitrogens with zero attached hydrogens (tertiary/aromatic N) is 3. The molecule has 2 atom stereocenters. The van der Waals surface area contributed by atoms with Crippen molar-refractivity contribution in [2.75, 3.05) is 23.8 Å².